The molecule has 1 N–H and O–H groups in total. The van der Waals surface area contributed by atoms with Crippen LogP contribution in [0.25, 0.3) is 0 Å². The van der Waals surface area contributed by atoms with Gasteiger partial charge >= 0.3 is 0 Å². The van der Waals surface area contributed by atoms with Gasteiger partial charge in [0.25, 0.3) is 0 Å². The van der Waals surface area contributed by atoms with Crippen molar-refractivity contribution in [2.24, 2.45) is 0 Å². The van der Waals surface area contributed by atoms with E-state index in [1.165, 1.54) is 37.8 Å². The Morgan fingerprint density at radius 2 is 2.28 bits per heavy atom. The fourth-order valence-electron chi connectivity index (χ4n) is 2.81. The van der Waals surface area contributed by atoms with Crippen LogP contribution in [-0.2, 0) is 13.1 Å². The largest absolute Gasteiger partial charge is 0.354 e. The topological polar surface area (TPSA) is 20.2 Å². The molecule has 18 heavy (non-hydrogen) atoms. The van der Waals surface area contributed by atoms with Crippen molar-refractivity contribution in [1.29, 1.82) is 0 Å². The predicted molar refractivity (Wildman–Crippen MR) is 76.7 cm³/mol. The molecule has 0 aromatic carbocycles. The first kappa shape index (κ1) is 13.6. The van der Waals surface area contributed by atoms with Gasteiger partial charge in [-0.1, -0.05) is 13.3 Å². The van der Waals surface area contributed by atoms with Crippen LogP contribution in [0.3, 0.4) is 0 Å². The van der Waals surface area contributed by atoms with Gasteiger partial charge in [0.05, 0.1) is 0 Å². The summed E-state index contributed by atoms with van der Waals surface area (Å²) in [5.41, 5.74) is 1.40. The minimum absolute atomic E-state index is 0.790. The van der Waals surface area contributed by atoms with Crippen LogP contribution in [0, 0.1) is 0 Å². The highest BCUT2D eigenvalue weighted by atomic mass is 15.1. The Balaban J connectivity index is 1.77. The van der Waals surface area contributed by atoms with E-state index in [0.717, 1.165) is 25.7 Å². The summed E-state index contributed by atoms with van der Waals surface area (Å²) in [5.74, 6) is 0. The van der Waals surface area contributed by atoms with Crippen LogP contribution in [0.2, 0.25) is 0 Å². The van der Waals surface area contributed by atoms with Crippen molar-refractivity contribution in [3.05, 3.63) is 24.0 Å². The molecule has 1 aliphatic rings. The maximum Gasteiger partial charge on any atom is 0.0234 e. The van der Waals surface area contributed by atoms with E-state index in [4.69, 9.17) is 0 Å². The van der Waals surface area contributed by atoms with E-state index in [9.17, 15) is 0 Å². The first-order valence-electron chi connectivity index (χ1n) is 7.35. The number of hydrogen-bond donors (Lipinski definition) is 1. The number of rotatable bonds is 6. The van der Waals surface area contributed by atoms with Gasteiger partial charge < -0.3 is 14.8 Å². The Morgan fingerprint density at radius 1 is 1.39 bits per heavy atom. The minimum atomic E-state index is 0.790. The molecule has 2 rings (SSSR count). The zero-order valence-corrected chi connectivity index (χ0v) is 11.9. The molecular weight excluding hydrogens is 222 g/mol. The Morgan fingerprint density at radius 3 is 3.06 bits per heavy atom. The third-order valence-electron chi connectivity index (χ3n) is 4.03. The van der Waals surface area contributed by atoms with Crippen LogP contribution in [0.4, 0.5) is 0 Å². The molecule has 102 valence electrons. The van der Waals surface area contributed by atoms with Crippen LogP contribution in [0.15, 0.2) is 18.5 Å². The normalized spacial score (nSPS) is 21.3. The van der Waals surface area contributed by atoms with Crippen molar-refractivity contribution in [3.63, 3.8) is 0 Å². The highest BCUT2D eigenvalue weighted by Crippen LogP contribution is 2.18. The van der Waals surface area contributed by atoms with E-state index in [1.807, 2.05) is 0 Å². The van der Waals surface area contributed by atoms with Gasteiger partial charge in [0.15, 0.2) is 0 Å². The van der Waals surface area contributed by atoms with Gasteiger partial charge in [-0.05, 0) is 51.0 Å². The average Bonchev–Trinajstić information content (AvgIpc) is 2.83. The molecule has 0 saturated carbocycles. The molecular formula is C15H27N3. The third kappa shape index (κ3) is 3.85. The summed E-state index contributed by atoms with van der Waals surface area (Å²) in [4.78, 5) is 2.53. The van der Waals surface area contributed by atoms with Crippen molar-refractivity contribution in [3.8, 4) is 0 Å². The quantitative estimate of drug-likeness (QED) is 0.836. The van der Waals surface area contributed by atoms with Crippen LogP contribution >= 0.6 is 0 Å². The van der Waals surface area contributed by atoms with Gasteiger partial charge in [-0.2, -0.15) is 0 Å². The van der Waals surface area contributed by atoms with Gasteiger partial charge in [-0.15, -0.1) is 0 Å². The van der Waals surface area contributed by atoms with Crippen LogP contribution in [0.5, 0.6) is 0 Å². The van der Waals surface area contributed by atoms with Gasteiger partial charge in [-0.3, -0.25) is 0 Å². The van der Waals surface area contributed by atoms with Crippen molar-refractivity contribution in [2.75, 3.05) is 20.1 Å². The van der Waals surface area contributed by atoms with Crippen LogP contribution in [0.1, 0.15) is 38.2 Å². The third-order valence-corrected chi connectivity index (χ3v) is 4.03. The maximum atomic E-state index is 3.37. The van der Waals surface area contributed by atoms with Crippen molar-refractivity contribution >= 4 is 0 Å². The first-order chi connectivity index (χ1) is 8.79. The zero-order chi connectivity index (χ0) is 12.8. The second-order valence-corrected chi connectivity index (χ2v) is 5.46. The molecule has 1 fully saturated rings. The lowest BCUT2D eigenvalue weighted by Gasteiger charge is -2.32. The molecule has 3 nitrogen and oxygen atoms in total. The van der Waals surface area contributed by atoms with E-state index in [-0.39, 0.29) is 0 Å². The number of aromatic nitrogens is 1. The number of nitrogens with zero attached hydrogens (tertiary/aromatic N) is 2. The molecule has 1 aromatic rings. The van der Waals surface area contributed by atoms with Crippen molar-refractivity contribution in [1.82, 2.24) is 14.8 Å². The average molecular weight is 249 g/mol. The lowest BCUT2D eigenvalue weighted by molar-refractivity contribution is 0.171. The lowest BCUT2D eigenvalue weighted by Crippen LogP contribution is -2.36. The smallest absolute Gasteiger partial charge is 0.0234 e. The molecule has 1 saturated heterocycles. The van der Waals surface area contributed by atoms with Gasteiger partial charge in [0.1, 0.15) is 0 Å². The summed E-state index contributed by atoms with van der Waals surface area (Å²) >= 11 is 0. The molecule has 3 heteroatoms. The Bertz CT molecular complexity index is 345. The number of nitrogens with one attached hydrogen (secondary N) is 1. The minimum Gasteiger partial charge on any atom is -0.354 e. The van der Waals surface area contributed by atoms with E-state index in [1.54, 1.807) is 0 Å². The summed E-state index contributed by atoms with van der Waals surface area (Å²) in [6.45, 7) is 6.62. The highest BCUT2D eigenvalue weighted by molar-refractivity contribution is 5.09. The van der Waals surface area contributed by atoms with Crippen molar-refractivity contribution in [2.45, 2.75) is 51.7 Å². The second kappa shape index (κ2) is 6.95. The summed E-state index contributed by atoms with van der Waals surface area (Å²) < 4.78 is 2.34. The molecule has 0 spiro atoms. The fourth-order valence-corrected chi connectivity index (χ4v) is 2.81. The molecule has 2 heterocycles. The highest BCUT2D eigenvalue weighted by Gasteiger charge is 2.18. The molecule has 1 unspecified atom stereocenters. The summed E-state index contributed by atoms with van der Waals surface area (Å²) in [5, 5.41) is 3.37. The number of hydrogen-bond acceptors (Lipinski definition) is 2. The number of likely N-dealkylation sites (tertiary alicyclic amines) is 1. The molecule has 0 bridgehead atoms. The van der Waals surface area contributed by atoms with E-state index in [0.29, 0.717) is 0 Å². The Hall–Kier alpha value is -0.800. The monoisotopic (exact) mass is 249 g/mol. The number of aryl methyl sites for hydroxylation is 1. The summed E-state index contributed by atoms with van der Waals surface area (Å²) in [6, 6.07) is 3.02. The zero-order valence-electron chi connectivity index (χ0n) is 11.9. The molecule has 0 amide bonds. The number of piperidine rings is 1. The molecule has 0 radical (unpaired) electrons. The first-order valence-corrected chi connectivity index (χ1v) is 7.35. The predicted octanol–water partition coefficient (Wildman–Crippen LogP) is 2.47. The maximum absolute atomic E-state index is 3.37. The van der Waals surface area contributed by atoms with Gasteiger partial charge in [-0.25, -0.2) is 0 Å². The molecule has 1 aliphatic heterocycles. The van der Waals surface area contributed by atoms with Gasteiger partial charge in [0, 0.05) is 31.5 Å². The van der Waals surface area contributed by atoms with Gasteiger partial charge in [0.2, 0.25) is 0 Å². The summed E-state index contributed by atoms with van der Waals surface area (Å²) in [7, 11) is 2.27. The Kier molecular flexibility index (Phi) is 5.26. The van der Waals surface area contributed by atoms with Crippen molar-refractivity contribution < 1.29 is 0 Å². The van der Waals surface area contributed by atoms with Crippen LogP contribution < -0.4 is 5.32 Å². The molecule has 1 aromatic heterocycles. The van der Waals surface area contributed by atoms with Crippen LogP contribution in [-0.4, -0.2) is 35.6 Å². The molecule has 0 aliphatic carbocycles. The summed E-state index contributed by atoms with van der Waals surface area (Å²) in [6.07, 6.45) is 9.95. The van der Waals surface area contributed by atoms with E-state index < -0.39 is 0 Å². The van der Waals surface area contributed by atoms with E-state index in [2.05, 4.69) is 47.2 Å². The second-order valence-electron chi connectivity index (χ2n) is 5.46. The standard InChI is InChI=1S/C15H27N3/c1-3-16-12-14-7-10-18(13-14)11-8-15-6-4-5-9-17(15)2/h7,10,13,15-16H,3-6,8-9,11-12H2,1-2H3. The fraction of sp³-hybridized carbons (Fsp3) is 0.733. The van der Waals surface area contributed by atoms with E-state index >= 15 is 0 Å². The Labute approximate surface area is 111 Å². The molecule has 1 atom stereocenters. The lowest BCUT2D eigenvalue weighted by atomic mass is 10.0. The SMILES string of the molecule is CCNCc1ccn(CCC2CCCCN2C)c1.